The molecule has 2 unspecified atom stereocenters. The smallest absolute Gasteiger partial charge is 0.224 e. The van der Waals surface area contributed by atoms with Crippen molar-refractivity contribution >= 4 is 12.1 Å². The Morgan fingerprint density at radius 3 is 3.23 bits per heavy atom. The minimum Gasteiger partial charge on any atom is -0.365 e. The summed E-state index contributed by atoms with van der Waals surface area (Å²) in [5.74, 6) is -0.221. The largest absolute Gasteiger partial charge is 0.365 e. The second kappa shape index (κ2) is 3.42. The second-order valence-electron chi connectivity index (χ2n) is 3.57. The zero-order valence-electron chi connectivity index (χ0n) is 7.36. The van der Waals surface area contributed by atoms with Gasteiger partial charge in [-0.3, -0.25) is 9.59 Å². The highest BCUT2D eigenvalue weighted by Gasteiger charge is 2.37. The van der Waals surface area contributed by atoms with Crippen LogP contribution in [0.25, 0.3) is 0 Å². The Bertz CT molecular complexity index is 267. The molecule has 0 aromatic carbocycles. The fraction of sp³-hybridized carbons (Fsp3) is 0.600. The lowest BCUT2D eigenvalue weighted by atomic mass is 9.85. The van der Waals surface area contributed by atoms with Crippen molar-refractivity contribution in [1.82, 2.24) is 0 Å². The zero-order valence-corrected chi connectivity index (χ0v) is 7.36. The SMILES string of the molecule is O=CC(=O)C1OCC2=CCCCC21. The number of rotatable bonds is 2. The van der Waals surface area contributed by atoms with Crippen LogP contribution in [-0.4, -0.2) is 24.8 Å². The van der Waals surface area contributed by atoms with Crippen LogP contribution in [0, 0.1) is 5.92 Å². The molecule has 13 heavy (non-hydrogen) atoms. The van der Waals surface area contributed by atoms with E-state index < -0.39 is 11.9 Å². The molecular formula is C10H12O3. The molecule has 0 bridgehead atoms. The van der Waals surface area contributed by atoms with E-state index in [1.165, 1.54) is 5.57 Å². The number of aldehydes is 1. The quantitative estimate of drug-likeness (QED) is 0.360. The lowest BCUT2D eigenvalue weighted by molar-refractivity contribution is -0.137. The van der Waals surface area contributed by atoms with Gasteiger partial charge in [0, 0.05) is 5.92 Å². The Labute approximate surface area is 76.8 Å². The minimum absolute atomic E-state index is 0.187. The van der Waals surface area contributed by atoms with Crippen LogP contribution < -0.4 is 0 Å². The molecule has 1 fully saturated rings. The summed E-state index contributed by atoms with van der Waals surface area (Å²) in [5.41, 5.74) is 1.21. The standard InChI is InChI=1S/C10H12O3/c11-5-9(12)10-8-4-2-1-3-7(8)6-13-10/h3,5,8,10H,1-2,4,6H2. The summed E-state index contributed by atoms with van der Waals surface area (Å²) in [6.07, 6.45) is 5.20. The van der Waals surface area contributed by atoms with Crippen molar-refractivity contribution in [3.05, 3.63) is 11.6 Å². The summed E-state index contributed by atoms with van der Waals surface area (Å²) in [6, 6.07) is 0. The molecule has 1 aliphatic heterocycles. The minimum atomic E-state index is -0.482. The molecule has 70 valence electrons. The van der Waals surface area contributed by atoms with E-state index in [2.05, 4.69) is 6.08 Å². The first kappa shape index (κ1) is 8.63. The number of allylic oxidation sites excluding steroid dienone is 1. The molecule has 0 aromatic rings. The van der Waals surface area contributed by atoms with Crippen molar-refractivity contribution in [2.45, 2.75) is 25.4 Å². The van der Waals surface area contributed by atoms with Crippen LogP contribution in [0.15, 0.2) is 11.6 Å². The number of hydrogen-bond acceptors (Lipinski definition) is 3. The Balaban J connectivity index is 2.16. The number of ketones is 1. The van der Waals surface area contributed by atoms with E-state index in [4.69, 9.17) is 4.74 Å². The van der Waals surface area contributed by atoms with Crippen molar-refractivity contribution in [1.29, 1.82) is 0 Å². The van der Waals surface area contributed by atoms with E-state index >= 15 is 0 Å². The van der Waals surface area contributed by atoms with Gasteiger partial charge >= 0.3 is 0 Å². The number of Topliss-reactive ketones (excluding diaryl/α,β-unsaturated/α-hetero) is 1. The topological polar surface area (TPSA) is 43.4 Å². The van der Waals surface area contributed by atoms with Crippen LogP contribution in [0.1, 0.15) is 19.3 Å². The third-order valence-corrected chi connectivity index (χ3v) is 2.79. The van der Waals surface area contributed by atoms with Gasteiger partial charge < -0.3 is 4.74 Å². The van der Waals surface area contributed by atoms with E-state index in [-0.39, 0.29) is 5.92 Å². The van der Waals surface area contributed by atoms with E-state index in [1.807, 2.05) is 0 Å². The highest BCUT2D eigenvalue weighted by molar-refractivity contribution is 6.27. The van der Waals surface area contributed by atoms with Crippen LogP contribution in [0.4, 0.5) is 0 Å². The molecule has 1 saturated heterocycles. The van der Waals surface area contributed by atoms with Gasteiger partial charge in [-0.2, -0.15) is 0 Å². The predicted octanol–water partition coefficient (Wildman–Crippen LogP) is 0.880. The van der Waals surface area contributed by atoms with Gasteiger partial charge in [-0.15, -0.1) is 0 Å². The Hall–Kier alpha value is -0.960. The second-order valence-corrected chi connectivity index (χ2v) is 3.57. The van der Waals surface area contributed by atoms with E-state index in [1.54, 1.807) is 0 Å². The summed E-state index contributed by atoms with van der Waals surface area (Å²) < 4.78 is 5.30. The van der Waals surface area contributed by atoms with Crippen molar-refractivity contribution in [2.24, 2.45) is 5.92 Å². The average molecular weight is 180 g/mol. The monoisotopic (exact) mass is 180 g/mol. The van der Waals surface area contributed by atoms with E-state index in [0.29, 0.717) is 12.9 Å². The van der Waals surface area contributed by atoms with E-state index in [0.717, 1.165) is 19.3 Å². The molecule has 0 spiro atoms. The van der Waals surface area contributed by atoms with Crippen molar-refractivity contribution in [3.63, 3.8) is 0 Å². The maximum atomic E-state index is 11.1. The predicted molar refractivity (Wildman–Crippen MR) is 46.2 cm³/mol. The molecule has 0 aromatic heterocycles. The highest BCUT2D eigenvalue weighted by Crippen LogP contribution is 2.34. The third-order valence-electron chi connectivity index (χ3n) is 2.79. The van der Waals surface area contributed by atoms with Gasteiger partial charge in [0.2, 0.25) is 5.78 Å². The summed E-state index contributed by atoms with van der Waals surface area (Å²) in [7, 11) is 0. The molecule has 3 nitrogen and oxygen atoms in total. The van der Waals surface area contributed by atoms with Crippen molar-refractivity contribution in [3.8, 4) is 0 Å². The molecule has 2 atom stereocenters. The maximum Gasteiger partial charge on any atom is 0.224 e. The Morgan fingerprint density at radius 2 is 2.46 bits per heavy atom. The van der Waals surface area contributed by atoms with Gasteiger partial charge in [0.15, 0.2) is 6.29 Å². The number of hydrogen-bond donors (Lipinski definition) is 0. The lowest BCUT2D eigenvalue weighted by Gasteiger charge is -2.18. The maximum absolute atomic E-state index is 11.1. The Kier molecular flexibility index (Phi) is 2.27. The van der Waals surface area contributed by atoms with Gasteiger partial charge in [-0.25, -0.2) is 0 Å². The van der Waals surface area contributed by atoms with Crippen LogP contribution in [0.5, 0.6) is 0 Å². The molecule has 2 rings (SSSR count). The Morgan fingerprint density at radius 1 is 1.62 bits per heavy atom. The number of fused-ring (bicyclic) bond motifs is 1. The number of carbonyl (C=O) groups is 2. The molecule has 0 amide bonds. The zero-order chi connectivity index (χ0) is 9.26. The highest BCUT2D eigenvalue weighted by atomic mass is 16.5. The first-order chi connectivity index (χ1) is 6.33. The van der Waals surface area contributed by atoms with Crippen LogP contribution in [-0.2, 0) is 14.3 Å². The molecular weight excluding hydrogens is 168 g/mol. The lowest BCUT2D eigenvalue weighted by Crippen LogP contribution is -2.28. The van der Waals surface area contributed by atoms with Gasteiger partial charge in [0.25, 0.3) is 0 Å². The van der Waals surface area contributed by atoms with E-state index in [9.17, 15) is 9.59 Å². The van der Waals surface area contributed by atoms with Gasteiger partial charge in [-0.1, -0.05) is 6.08 Å². The van der Waals surface area contributed by atoms with Crippen molar-refractivity contribution in [2.75, 3.05) is 6.61 Å². The molecule has 1 heterocycles. The first-order valence-electron chi connectivity index (χ1n) is 4.62. The van der Waals surface area contributed by atoms with Gasteiger partial charge in [-0.05, 0) is 24.8 Å². The molecule has 2 aliphatic rings. The van der Waals surface area contributed by atoms with Crippen molar-refractivity contribution < 1.29 is 14.3 Å². The third kappa shape index (κ3) is 1.44. The summed E-state index contributed by atoms with van der Waals surface area (Å²) >= 11 is 0. The van der Waals surface area contributed by atoms with Gasteiger partial charge in [0.05, 0.1) is 6.61 Å². The van der Waals surface area contributed by atoms with Crippen LogP contribution >= 0.6 is 0 Å². The average Bonchev–Trinajstić information content (AvgIpc) is 2.60. The number of ether oxygens (including phenoxy) is 1. The summed E-state index contributed by atoms with van der Waals surface area (Å²) in [5, 5.41) is 0. The molecule has 0 radical (unpaired) electrons. The molecule has 0 N–H and O–H groups in total. The van der Waals surface area contributed by atoms with Crippen LogP contribution in [0.3, 0.4) is 0 Å². The summed E-state index contributed by atoms with van der Waals surface area (Å²) in [4.78, 5) is 21.5. The normalized spacial score (nSPS) is 32.2. The molecule has 1 aliphatic carbocycles. The first-order valence-corrected chi connectivity index (χ1v) is 4.62. The summed E-state index contributed by atoms with van der Waals surface area (Å²) in [6.45, 7) is 0.537. The van der Waals surface area contributed by atoms with Gasteiger partial charge in [0.1, 0.15) is 6.10 Å². The van der Waals surface area contributed by atoms with Crippen LogP contribution in [0.2, 0.25) is 0 Å². The fourth-order valence-corrected chi connectivity index (χ4v) is 2.12. The molecule has 3 heteroatoms. The fourth-order valence-electron chi connectivity index (χ4n) is 2.12. The number of carbonyl (C=O) groups excluding carboxylic acids is 2. The molecule has 0 saturated carbocycles.